The van der Waals surface area contributed by atoms with Crippen LogP contribution in [0.1, 0.15) is 11.8 Å². The van der Waals surface area contributed by atoms with Gasteiger partial charge in [-0.1, -0.05) is 11.6 Å². The van der Waals surface area contributed by atoms with Crippen molar-refractivity contribution in [2.24, 2.45) is 0 Å². The maximum absolute atomic E-state index is 12.3. The van der Waals surface area contributed by atoms with E-state index in [1.165, 1.54) is 17.5 Å². The van der Waals surface area contributed by atoms with Gasteiger partial charge in [-0.05, 0) is 31.5 Å². The second kappa shape index (κ2) is 7.22. The molecule has 0 amide bonds. The van der Waals surface area contributed by atoms with Gasteiger partial charge in [-0.2, -0.15) is 0 Å². The SMILES string of the molecule is CCNc1ccncc1S(=O)(=O)NCCc1ccc(Cl)s1. The number of thiophene rings is 1. The molecular formula is C13H16ClN3O2S2. The molecular weight excluding hydrogens is 330 g/mol. The van der Waals surface area contributed by atoms with Crippen LogP contribution in [-0.2, 0) is 16.4 Å². The Morgan fingerprint density at radius 2 is 2.14 bits per heavy atom. The van der Waals surface area contributed by atoms with Crippen LogP contribution in [0.25, 0.3) is 0 Å². The molecule has 0 aliphatic rings. The molecule has 0 saturated heterocycles. The van der Waals surface area contributed by atoms with E-state index in [-0.39, 0.29) is 4.90 Å². The number of nitrogens with zero attached hydrogens (tertiary/aromatic N) is 1. The summed E-state index contributed by atoms with van der Waals surface area (Å²) < 4.78 is 27.9. The van der Waals surface area contributed by atoms with Crippen molar-refractivity contribution in [3.05, 3.63) is 39.8 Å². The van der Waals surface area contributed by atoms with Gasteiger partial charge >= 0.3 is 0 Å². The minimum absolute atomic E-state index is 0.163. The Labute approximate surface area is 133 Å². The highest BCUT2D eigenvalue weighted by Crippen LogP contribution is 2.22. The molecule has 0 radical (unpaired) electrons. The van der Waals surface area contributed by atoms with Gasteiger partial charge in [-0.3, -0.25) is 4.98 Å². The number of hydrogen-bond donors (Lipinski definition) is 2. The van der Waals surface area contributed by atoms with Crippen LogP contribution < -0.4 is 10.0 Å². The van der Waals surface area contributed by atoms with Gasteiger partial charge in [0.1, 0.15) is 4.90 Å². The van der Waals surface area contributed by atoms with E-state index in [2.05, 4.69) is 15.0 Å². The minimum Gasteiger partial charge on any atom is -0.384 e. The molecule has 8 heteroatoms. The summed E-state index contributed by atoms with van der Waals surface area (Å²) in [5.74, 6) is 0. The molecule has 0 fully saturated rings. The summed E-state index contributed by atoms with van der Waals surface area (Å²) in [6.07, 6.45) is 3.51. The third kappa shape index (κ3) is 4.41. The molecule has 0 atom stereocenters. The number of aromatic nitrogens is 1. The molecule has 2 aromatic rings. The largest absolute Gasteiger partial charge is 0.384 e. The summed E-state index contributed by atoms with van der Waals surface area (Å²) >= 11 is 7.30. The molecule has 2 aromatic heterocycles. The van der Waals surface area contributed by atoms with Gasteiger partial charge in [-0.25, -0.2) is 13.1 Å². The van der Waals surface area contributed by atoms with Crippen LogP contribution in [0.15, 0.2) is 35.5 Å². The molecule has 0 aliphatic heterocycles. The zero-order chi connectivity index (χ0) is 15.3. The number of halogens is 1. The molecule has 0 unspecified atom stereocenters. The molecule has 2 heterocycles. The van der Waals surface area contributed by atoms with E-state index in [0.29, 0.717) is 29.5 Å². The lowest BCUT2D eigenvalue weighted by Crippen LogP contribution is -2.26. The van der Waals surface area contributed by atoms with Crippen LogP contribution >= 0.6 is 22.9 Å². The molecule has 0 saturated carbocycles. The number of anilines is 1. The lowest BCUT2D eigenvalue weighted by atomic mass is 10.3. The highest BCUT2D eigenvalue weighted by molar-refractivity contribution is 7.89. The predicted molar refractivity (Wildman–Crippen MR) is 86.6 cm³/mol. The molecule has 0 bridgehead atoms. The van der Waals surface area contributed by atoms with Crippen molar-refractivity contribution < 1.29 is 8.42 Å². The van der Waals surface area contributed by atoms with Crippen LogP contribution in [0.2, 0.25) is 4.34 Å². The molecule has 2 N–H and O–H groups in total. The predicted octanol–water partition coefficient (Wildman–Crippen LogP) is 2.75. The van der Waals surface area contributed by atoms with E-state index in [4.69, 9.17) is 11.6 Å². The van der Waals surface area contributed by atoms with E-state index >= 15 is 0 Å². The third-order valence-corrected chi connectivity index (χ3v) is 5.51. The summed E-state index contributed by atoms with van der Waals surface area (Å²) in [5.41, 5.74) is 0.555. The zero-order valence-corrected chi connectivity index (χ0v) is 13.9. The van der Waals surface area contributed by atoms with Crippen LogP contribution in [0.3, 0.4) is 0 Å². The Balaban J connectivity index is 2.04. The van der Waals surface area contributed by atoms with Gasteiger partial charge in [0.05, 0.1) is 10.0 Å². The fourth-order valence-electron chi connectivity index (χ4n) is 1.80. The Hall–Kier alpha value is -1.15. The van der Waals surface area contributed by atoms with Crippen LogP contribution in [0, 0.1) is 0 Å². The fraction of sp³-hybridized carbons (Fsp3) is 0.308. The number of pyridine rings is 1. The Morgan fingerprint density at radius 3 is 2.81 bits per heavy atom. The Morgan fingerprint density at radius 1 is 1.33 bits per heavy atom. The first-order valence-corrected chi connectivity index (χ1v) is 9.12. The van der Waals surface area contributed by atoms with Crippen molar-refractivity contribution in [3.8, 4) is 0 Å². The van der Waals surface area contributed by atoms with Crippen LogP contribution in [-0.4, -0.2) is 26.5 Å². The zero-order valence-electron chi connectivity index (χ0n) is 11.5. The average molecular weight is 346 g/mol. The van der Waals surface area contributed by atoms with Crippen molar-refractivity contribution in [2.75, 3.05) is 18.4 Å². The van der Waals surface area contributed by atoms with Crippen molar-refractivity contribution in [3.63, 3.8) is 0 Å². The Bertz CT molecular complexity index is 701. The van der Waals surface area contributed by atoms with E-state index in [9.17, 15) is 8.42 Å². The van der Waals surface area contributed by atoms with Gasteiger partial charge in [0.15, 0.2) is 0 Å². The molecule has 5 nitrogen and oxygen atoms in total. The number of sulfonamides is 1. The van der Waals surface area contributed by atoms with Crippen LogP contribution in [0.4, 0.5) is 5.69 Å². The quantitative estimate of drug-likeness (QED) is 0.809. The second-order valence-electron chi connectivity index (χ2n) is 4.26. The van der Waals surface area contributed by atoms with Crippen molar-refractivity contribution in [1.82, 2.24) is 9.71 Å². The fourth-order valence-corrected chi connectivity index (χ4v) is 4.05. The first kappa shape index (κ1) is 16.2. The first-order chi connectivity index (χ1) is 10.0. The van der Waals surface area contributed by atoms with Gasteiger partial charge in [0, 0.05) is 30.4 Å². The smallest absolute Gasteiger partial charge is 0.244 e. The lowest BCUT2D eigenvalue weighted by Gasteiger charge is -2.11. The van der Waals surface area contributed by atoms with Gasteiger partial charge in [0.25, 0.3) is 0 Å². The summed E-state index contributed by atoms with van der Waals surface area (Å²) in [6, 6.07) is 5.35. The van der Waals surface area contributed by atoms with Crippen LogP contribution in [0.5, 0.6) is 0 Å². The summed E-state index contributed by atoms with van der Waals surface area (Å²) in [5, 5.41) is 3.02. The molecule has 114 valence electrons. The number of rotatable bonds is 7. The van der Waals surface area contributed by atoms with E-state index < -0.39 is 10.0 Å². The summed E-state index contributed by atoms with van der Waals surface area (Å²) in [7, 11) is -3.58. The molecule has 0 aromatic carbocycles. The number of nitrogens with one attached hydrogen (secondary N) is 2. The average Bonchev–Trinajstić information content (AvgIpc) is 2.85. The summed E-state index contributed by atoms with van der Waals surface area (Å²) in [6.45, 7) is 2.87. The van der Waals surface area contributed by atoms with Gasteiger partial charge < -0.3 is 5.32 Å². The molecule has 0 aliphatic carbocycles. The van der Waals surface area contributed by atoms with Crippen molar-refractivity contribution in [1.29, 1.82) is 0 Å². The molecule has 2 rings (SSSR count). The molecule has 0 spiro atoms. The number of hydrogen-bond acceptors (Lipinski definition) is 5. The van der Waals surface area contributed by atoms with E-state index in [0.717, 1.165) is 4.88 Å². The maximum atomic E-state index is 12.3. The monoisotopic (exact) mass is 345 g/mol. The standard InChI is InChI=1S/C13H16ClN3O2S2/c1-2-16-11-6-7-15-9-12(11)21(18,19)17-8-5-10-3-4-13(14)20-10/h3-4,6-7,9,17H,2,5,8H2,1H3,(H,15,16). The maximum Gasteiger partial charge on any atom is 0.244 e. The minimum atomic E-state index is -3.58. The topological polar surface area (TPSA) is 71.1 Å². The van der Waals surface area contributed by atoms with E-state index in [1.807, 2.05) is 13.0 Å². The van der Waals surface area contributed by atoms with Gasteiger partial charge in [0.2, 0.25) is 10.0 Å². The first-order valence-electron chi connectivity index (χ1n) is 6.44. The van der Waals surface area contributed by atoms with Gasteiger partial charge in [-0.15, -0.1) is 11.3 Å². The third-order valence-electron chi connectivity index (χ3n) is 2.73. The van der Waals surface area contributed by atoms with Crippen molar-refractivity contribution in [2.45, 2.75) is 18.2 Å². The Kier molecular flexibility index (Phi) is 5.58. The van der Waals surface area contributed by atoms with E-state index in [1.54, 1.807) is 18.3 Å². The lowest BCUT2D eigenvalue weighted by molar-refractivity contribution is 0.581. The summed E-state index contributed by atoms with van der Waals surface area (Å²) in [4.78, 5) is 5.09. The molecule has 21 heavy (non-hydrogen) atoms. The highest BCUT2D eigenvalue weighted by atomic mass is 35.5. The van der Waals surface area contributed by atoms with Crippen molar-refractivity contribution >= 4 is 38.6 Å². The normalized spacial score (nSPS) is 11.5. The highest BCUT2D eigenvalue weighted by Gasteiger charge is 2.18. The second-order valence-corrected chi connectivity index (χ2v) is 7.79.